The summed E-state index contributed by atoms with van der Waals surface area (Å²) in [6.45, 7) is 1.78. The van der Waals surface area contributed by atoms with Gasteiger partial charge in [0.15, 0.2) is 0 Å². The predicted molar refractivity (Wildman–Crippen MR) is 74.2 cm³/mol. The Labute approximate surface area is 121 Å². The van der Waals surface area contributed by atoms with Crippen LogP contribution in [-0.4, -0.2) is 31.8 Å². The Kier molecular flexibility index (Phi) is 4.24. The zero-order chi connectivity index (χ0) is 15.6. The normalized spacial score (nSPS) is 19.1. The number of non-ortho nitro benzene ring substituents is 1. The summed E-state index contributed by atoms with van der Waals surface area (Å²) in [6, 6.07) is 3.29. The Hall–Kier alpha value is -2.00. The highest BCUT2D eigenvalue weighted by molar-refractivity contribution is 7.89. The van der Waals surface area contributed by atoms with Crippen LogP contribution in [0.4, 0.5) is 5.69 Å². The number of sulfonamides is 1. The van der Waals surface area contributed by atoms with Crippen molar-refractivity contribution in [3.8, 4) is 0 Å². The van der Waals surface area contributed by atoms with Crippen LogP contribution in [0.1, 0.15) is 18.4 Å². The van der Waals surface area contributed by atoms with Crippen LogP contribution < -0.4 is 10.0 Å². The molecule has 0 radical (unpaired) electrons. The van der Waals surface area contributed by atoms with E-state index in [-0.39, 0.29) is 29.5 Å². The average molecular weight is 313 g/mol. The van der Waals surface area contributed by atoms with Gasteiger partial charge in [-0.15, -0.1) is 0 Å². The molecule has 1 unspecified atom stereocenters. The highest BCUT2D eigenvalue weighted by Gasteiger charge is 2.26. The zero-order valence-corrected chi connectivity index (χ0v) is 12.1. The topological polar surface area (TPSA) is 118 Å². The fourth-order valence-electron chi connectivity index (χ4n) is 2.11. The molecular weight excluding hydrogens is 298 g/mol. The smallest absolute Gasteiger partial charge is 0.270 e. The van der Waals surface area contributed by atoms with E-state index in [1.54, 1.807) is 6.92 Å². The number of benzene rings is 1. The number of rotatable bonds is 4. The molecule has 0 aromatic heterocycles. The molecule has 114 valence electrons. The Morgan fingerprint density at radius 2 is 2.14 bits per heavy atom. The second-order valence-electron chi connectivity index (χ2n) is 4.87. The fourth-order valence-corrected chi connectivity index (χ4v) is 3.64. The second kappa shape index (κ2) is 5.78. The third-order valence-corrected chi connectivity index (χ3v) is 4.92. The number of nitro benzene ring substituents is 1. The number of carbonyl (C=O) groups excluding carboxylic acids is 1. The number of hydrogen-bond acceptors (Lipinski definition) is 5. The monoisotopic (exact) mass is 313 g/mol. The molecule has 1 aromatic rings. The molecule has 0 spiro atoms. The third-order valence-electron chi connectivity index (χ3n) is 3.26. The number of amides is 1. The molecule has 1 fully saturated rings. The maximum Gasteiger partial charge on any atom is 0.270 e. The van der Waals surface area contributed by atoms with Crippen molar-refractivity contribution in [2.75, 3.05) is 6.54 Å². The van der Waals surface area contributed by atoms with Gasteiger partial charge in [-0.2, -0.15) is 0 Å². The van der Waals surface area contributed by atoms with E-state index in [0.29, 0.717) is 12.0 Å². The van der Waals surface area contributed by atoms with Crippen molar-refractivity contribution in [2.24, 2.45) is 0 Å². The summed E-state index contributed by atoms with van der Waals surface area (Å²) >= 11 is 0. The van der Waals surface area contributed by atoms with Crippen LogP contribution in [0.5, 0.6) is 0 Å². The van der Waals surface area contributed by atoms with Gasteiger partial charge in [0, 0.05) is 31.1 Å². The number of nitrogens with one attached hydrogen (secondary N) is 2. The van der Waals surface area contributed by atoms with Gasteiger partial charge in [0.05, 0.1) is 9.82 Å². The number of nitrogens with zero attached hydrogens (tertiary/aromatic N) is 1. The molecule has 0 aliphatic carbocycles. The summed E-state index contributed by atoms with van der Waals surface area (Å²) in [6.07, 6.45) is 0.653. The van der Waals surface area contributed by atoms with Crippen molar-refractivity contribution in [2.45, 2.75) is 30.7 Å². The molecule has 21 heavy (non-hydrogen) atoms. The standard InChI is InChI=1S/C12H15N3O5S/c1-8-2-4-10(15(17)18)6-11(8)21(19,20)14-9-3-5-12(16)13-7-9/h2,4,6,9,14H,3,5,7H2,1H3,(H,13,16). The summed E-state index contributed by atoms with van der Waals surface area (Å²) < 4.78 is 27.1. The largest absolute Gasteiger partial charge is 0.355 e. The minimum atomic E-state index is -3.87. The molecule has 8 nitrogen and oxygen atoms in total. The minimum absolute atomic E-state index is 0.114. The van der Waals surface area contributed by atoms with Crippen LogP contribution in [0.2, 0.25) is 0 Å². The number of nitro groups is 1. The molecule has 1 heterocycles. The summed E-state index contributed by atoms with van der Waals surface area (Å²) in [7, 11) is -3.87. The van der Waals surface area contributed by atoms with Gasteiger partial charge in [0.2, 0.25) is 15.9 Å². The Morgan fingerprint density at radius 3 is 2.71 bits per heavy atom. The average Bonchev–Trinajstić information content (AvgIpc) is 2.41. The van der Waals surface area contributed by atoms with E-state index in [4.69, 9.17) is 0 Å². The molecule has 1 aliphatic heterocycles. The minimum Gasteiger partial charge on any atom is -0.355 e. The molecule has 0 bridgehead atoms. The highest BCUT2D eigenvalue weighted by atomic mass is 32.2. The lowest BCUT2D eigenvalue weighted by molar-refractivity contribution is -0.385. The zero-order valence-electron chi connectivity index (χ0n) is 11.3. The van der Waals surface area contributed by atoms with Gasteiger partial charge in [-0.05, 0) is 18.9 Å². The maximum atomic E-state index is 12.3. The fraction of sp³-hybridized carbons (Fsp3) is 0.417. The number of hydrogen-bond donors (Lipinski definition) is 2. The van der Waals surface area contributed by atoms with Gasteiger partial charge in [-0.1, -0.05) is 6.07 Å². The van der Waals surface area contributed by atoms with E-state index in [2.05, 4.69) is 10.0 Å². The van der Waals surface area contributed by atoms with E-state index < -0.39 is 21.0 Å². The van der Waals surface area contributed by atoms with Gasteiger partial charge in [0.25, 0.3) is 5.69 Å². The molecular formula is C12H15N3O5S. The highest BCUT2D eigenvalue weighted by Crippen LogP contribution is 2.22. The lowest BCUT2D eigenvalue weighted by atomic mass is 10.1. The predicted octanol–water partition coefficient (Wildman–Crippen LogP) is 0.460. The lowest BCUT2D eigenvalue weighted by Gasteiger charge is -2.23. The van der Waals surface area contributed by atoms with Crippen LogP contribution >= 0.6 is 0 Å². The Bertz CT molecular complexity index is 676. The molecule has 2 N–H and O–H groups in total. The lowest BCUT2D eigenvalue weighted by Crippen LogP contribution is -2.47. The van der Waals surface area contributed by atoms with E-state index in [1.165, 1.54) is 12.1 Å². The molecule has 0 saturated carbocycles. The van der Waals surface area contributed by atoms with Crippen molar-refractivity contribution < 1.29 is 18.1 Å². The van der Waals surface area contributed by atoms with E-state index in [9.17, 15) is 23.3 Å². The summed E-state index contributed by atoms with van der Waals surface area (Å²) in [4.78, 5) is 21.1. The molecule has 1 aliphatic rings. The third kappa shape index (κ3) is 3.56. The van der Waals surface area contributed by atoms with Crippen molar-refractivity contribution >= 4 is 21.6 Å². The van der Waals surface area contributed by atoms with Gasteiger partial charge in [-0.3, -0.25) is 14.9 Å². The van der Waals surface area contributed by atoms with Crippen LogP contribution in [0, 0.1) is 17.0 Å². The second-order valence-corrected chi connectivity index (χ2v) is 6.55. The van der Waals surface area contributed by atoms with Gasteiger partial charge in [-0.25, -0.2) is 13.1 Å². The van der Waals surface area contributed by atoms with Crippen LogP contribution in [0.25, 0.3) is 0 Å². The van der Waals surface area contributed by atoms with Crippen molar-refractivity contribution in [3.63, 3.8) is 0 Å². The molecule has 9 heteroatoms. The van der Waals surface area contributed by atoms with Crippen LogP contribution in [0.3, 0.4) is 0 Å². The first-order chi connectivity index (χ1) is 9.79. The molecule has 1 saturated heterocycles. The Morgan fingerprint density at radius 1 is 1.43 bits per heavy atom. The maximum absolute atomic E-state index is 12.3. The first-order valence-corrected chi connectivity index (χ1v) is 7.82. The molecule has 1 amide bonds. The quantitative estimate of drug-likeness (QED) is 0.618. The summed E-state index contributed by atoms with van der Waals surface area (Å²) in [5, 5.41) is 13.3. The van der Waals surface area contributed by atoms with E-state index in [1.807, 2.05) is 0 Å². The van der Waals surface area contributed by atoms with E-state index >= 15 is 0 Å². The summed E-state index contributed by atoms with van der Waals surface area (Å²) in [5.41, 5.74) is 0.144. The van der Waals surface area contributed by atoms with Gasteiger partial charge in [0.1, 0.15) is 0 Å². The van der Waals surface area contributed by atoms with Crippen LogP contribution in [-0.2, 0) is 14.8 Å². The van der Waals surface area contributed by atoms with Crippen molar-refractivity contribution in [3.05, 3.63) is 33.9 Å². The first-order valence-electron chi connectivity index (χ1n) is 6.33. The first kappa shape index (κ1) is 15.4. The molecule has 2 rings (SSSR count). The summed E-state index contributed by atoms with van der Waals surface area (Å²) in [5.74, 6) is -0.114. The van der Waals surface area contributed by atoms with Crippen molar-refractivity contribution in [1.82, 2.24) is 10.0 Å². The SMILES string of the molecule is Cc1ccc([N+](=O)[O-])cc1S(=O)(=O)NC1CCC(=O)NC1. The van der Waals surface area contributed by atoms with Crippen molar-refractivity contribution in [1.29, 1.82) is 0 Å². The number of carbonyl (C=O) groups is 1. The number of piperidine rings is 1. The van der Waals surface area contributed by atoms with Gasteiger partial charge >= 0.3 is 0 Å². The van der Waals surface area contributed by atoms with Crippen LogP contribution in [0.15, 0.2) is 23.1 Å². The van der Waals surface area contributed by atoms with E-state index in [0.717, 1.165) is 6.07 Å². The van der Waals surface area contributed by atoms with Gasteiger partial charge < -0.3 is 5.32 Å². The number of aryl methyl sites for hydroxylation is 1. The Balaban J connectivity index is 2.25. The molecule has 1 atom stereocenters. The molecule has 1 aromatic carbocycles.